The van der Waals surface area contributed by atoms with Crippen molar-refractivity contribution in [2.45, 2.75) is 26.0 Å². The van der Waals surface area contributed by atoms with Crippen LogP contribution in [0.3, 0.4) is 0 Å². The third kappa shape index (κ3) is 5.55. The largest absolute Gasteiger partial charge is 0.466 e. The fourth-order valence-corrected chi connectivity index (χ4v) is 2.59. The molecule has 150 valence electrons. The standard InChI is InChI=1S/C19H24N6O2.HI/c1-3-20-18(22-13-19(2,26)16-10-7-11-27-16)21-12-17-24-23-14-25(17)15-8-5-4-6-9-15;/h4-11,14,26H,3,12-13H2,1-2H3,(H2,20,21,22);1H. The molecular formula is C19H25IN6O2. The molecule has 1 atom stereocenters. The second-order valence-electron chi connectivity index (χ2n) is 6.25. The van der Waals surface area contributed by atoms with E-state index in [1.807, 2.05) is 41.8 Å². The molecule has 0 fully saturated rings. The van der Waals surface area contributed by atoms with Crippen LogP contribution in [0.4, 0.5) is 0 Å². The van der Waals surface area contributed by atoms with Gasteiger partial charge < -0.3 is 20.2 Å². The first-order valence-electron chi connectivity index (χ1n) is 8.83. The molecule has 0 aliphatic rings. The molecule has 0 saturated heterocycles. The smallest absolute Gasteiger partial charge is 0.191 e. The number of para-hydroxylation sites is 1. The van der Waals surface area contributed by atoms with Crippen molar-refractivity contribution in [3.8, 4) is 5.69 Å². The summed E-state index contributed by atoms with van der Waals surface area (Å²) in [7, 11) is 0. The van der Waals surface area contributed by atoms with Crippen LogP contribution in [0.1, 0.15) is 25.4 Å². The predicted octanol–water partition coefficient (Wildman–Crippen LogP) is 2.44. The van der Waals surface area contributed by atoms with Crippen LogP contribution in [0.15, 0.2) is 64.5 Å². The van der Waals surface area contributed by atoms with Crippen LogP contribution in [0.25, 0.3) is 5.69 Å². The number of hydrogen-bond acceptors (Lipinski definition) is 5. The number of nitrogens with one attached hydrogen (secondary N) is 2. The minimum atomic E-state index is -1.15. The summed E-state index contributed by atoms with van der Waals surface area (Å²) in [5.41, 5.74) is -0.171. The number of furan rings is 1. The molecule has 8 nitrogen and oxygen atoms in total. The van der Waals surface area contributed by atoms with Crippen LogP contribution < -0.4 is 10.6 Å². The first-order valence-corrected chi connectivity index (χ1v) is 8.83. The van der Waals surface area contributed by atoms with Gasteiger partial charge in [-0.3, -0.25) is 4.57 Å². The first-order chi connectivity index (χ1) is 13.1. The Bertz CT molecular complexity index is 862. The van der Waals surface area contributed by atoms with E-state index in [0.717, 1.165) is 11.5 Å². The zero-order valence-corrected chi connectivity index (χ0v) is 18.2. The summed E-state index contributed by atoms with van der Waals surface area (Å²) < 4.78 is 7.20. The Kier molecular flexibility index (Phi) is 8.00. The summed E-state index contributed by atoms with van der Waals surface area (Å²) in [5.74, 6) is 1.79. The van der Waals surface area contributed by atoms with Gasteiger partial charge in [-0.05, 0) is 38.1 Å². The van der Waals surface area contributed by atoms with Crippen molar-refractivity contribution in [3.63, 3.8) is 0 Å². The lowest BCUT2D eigenvalue weighted by atomic mass is 10.0. The Balaban J connectivity index is 0.00000280. The van der Waals surface area contributed by atoms with Crippen molar-refractivity contribution < 1.29 is 9.52 Å². The van der Waals surface area contributed by atoms with Crippen LogP contribution in [-0.2, 0) is 12.1 Å². The van der Waals surface area contributed by atoms with Gasteiger partial charge in [0, 0.05) is 12.2 Å². The number of aromatic nitrogens is 3. The summed E-state index contributed by atoms with van der Waals surface area (Å²) in [6.07, 6.45) is 3.21. The number of rotatable bonds is 7. The van der Waals surface area contributed by atoms with Crippen LogP contribution in [0.2, 0.25) is 0 Å². The van der Waals surface area contributed by atoms with Gasteiger partial charge >= 0.3 is 0 Å². The topological polar surface area (TPSA) is 100 Å². The highest BCUT2D eigenvalue weighted by Gasteiger charge is 2.26. The lowest BCUT2D eigenvalue weighted by Crippen LogP contribution is -2.44. The molecule has 0 aliphatic heterocycles. The fraction of sp³-hybridized carbons (Fsp3) is 0.316. The third-order valence-electron chi connectivity index (χ3n) is 4.03. The quantitative estimate of drug-likeness (QED) is 0.264. The minimum absolute atomic E-state index is 0. The number of aliphatic hydroxyl groups is 1. The average Bonchev–Trinajstić information content (AvgIpc) is 3.37. The zero-order valence-electron chi connectivity index (χ0n) is 15.9. The normalized spacial score (nSPS) is 13.5. The molecule has 0 bridgehead atoms. The van der Waals surface area contributed by atoms with E-state index in [9.17, 15) is 5.11 Å². The third-order valence-corrected chi connectivity index (χ3v) is 4.03. The van der Waals surface area contributed by atoms with Crippen LogP contribution in [-0.4, -0.2) is 38.9 Å². The van der Waals surface area contributed by atoms with E-state index in [-0.39, 0.29) is 30.5 Å². The maximum Gasteiger partial charge on any atom is 0.191 e. The molecule has 0 aliphatic carbocycles. The number of hydrogen-bond donors (Lipinski definition) is 3. The lowest BCUT2D eigenvalue weighted by molar-refractivity contribution is 0.0386. The van der Waals surface area contributed by atoms with Gasteiger partial charge in [-0.1, -0.05) is 18.2 Å². The van der Waals surface area contributed by atoms with Crippen molar-refractivity contribution in [2.24, 2.45) is 4.99 Å². The monoisotopic (exact) mass is 496 g/mol. The van der Waals surface area contributed by atoms with E-state index < -0.39 is 5.60 Å². The maximum absolute atomic E-state index is 10.6. The lowest BCUT2D eigenvalue weighted by Gasteiger charge is -2.22. The van der Waals surface area contributed by atoms with E-state index in [0.29, 0.717) is 24.8 Å². The van der Waals surface area contributed by atoms with E-state index in [2.05, 4.69) is 25.8 Å². The highest BCUT2D eigenvalue weighted by Crippen LogP contribution is 2.19. The van der Waals surface area contributed by atoms with Crippen molar-refractivity contribution in [3.05, 3.63) is 66.6 Å². The molecule has 9 heteroatoms. The van der Waals surface area contributed by atoms with Gasteiger partial charge in [0.2, 0.25) is 0 Å². The molecule has 2 heterocycles. The van der Waals surface area contributed by atoms with Gasteiger partial charge in [0.25, 0.3) is 0 Å². The Labute approximate surface area is 181 Å². The highest BCUT2D eigenvalue weighted by atomic mass is 127. The van der Waals surface area contributed by atoms with E-state index in [1.165, 1.54) is 0 Å². The average molecular weight is 496 g/mol. The summed E-state index contributed by atoms with van der Waals surface area (Å²) in [6.45, 7) is 4.95. The first kappa shape index (κ1) is 21.9. The van der Waals surface area contributed by atoms with Gasteiger partial charge in [-0.15, -0.1) is 34.2 Å². The Morgan fingerprint density at radius 1 is 1.21 bits per heavy atom. The minimum Gasteiger partial charge on any atom is -0.466 e. The molecule has 3 N–H and O–H groups in total. The van der Waals surface area contributed by atoms with Crippen LogP contribution in [0.5, 0.6) is 0 Å². The Morgan fingerprint density at radius 2 is 2.00 bits per heavy atom. The van der Waals surface area contributed by atoms with Gasteiger partial charge in [0.1, 0.15) is 24.2 Å². The van der Waals surface area contributed by atoms with Crippen LogP contribution in [0, 0.1) is 0 Å². The molecule has 28 heavy (non-hydrogen) atoms. The van der Waals surface area contributed by atoms with Crippen molar-refractivity contribution in [1.29, 1.82) is 0 Å². The van der Waals surface area contributed by atoms with Crippen molar-refractivity contribution in [2.75, 3.05) is 13.1 Å². The van der Waals surface area contributed by atoms with Crippen molar-refractivity contribution >= 4 is 29.9 Å². The summed E-state index contributed by atoms with van der Waals surface area (Å²) in [6, 6.07) is 13.4. The van der Waals surface area contributed by atoms with Crippen LogP contribution >= 0.6 is 24.0 Å². The second-order valence-corrected chi connectivity index (χ2v) is 6.25. The fourth-order valence-electron chi connectivity index (χ4n) is 2.59. The van der Waals surface area contributed by atoms with Gasteiger partial charge in [-0.2, -0.15) is 0 Å². The SMILES string of the molecule is CCNC(=NCc1nncn1-c1ccccc1)NCC(C)(O)c1ccco1.I. The maximum atomic E-state index is 10.6. The molecule has 1 aromatic carbocycles. The number of aliphatic imine (C=N–C) groups is 1. The molecule has 3 rings (SSSR count). The molecule has 0 radical (unpaired) electrons. The van der Waals surface area contributed by atoms with Gasteiger partial charge in [-0.25, -0.2) is 4.99 Å². The molecule has 0 saturated carbocycles. The summed E-state index contributed by atoms with van der Waals surface area (Å²) in [4.78, 5) is 4.56. The Hall–Kier alpha value is -2.40. The molecule has 1 unspecified atom stereocenters. The molecule has 0 spiro atoms. The number of benzene rings is 1. The molecule has 3 aromatic rings. The number of nitrogens with zero attached hydrogens (tertiary/aromatic N) is 4. The molecular weight excluding hydrogens is 471 g/mol. The predicted molar refractivity (Wildman–Crippen MR) is 118 cm³/mol. The summed E-state index contributed by atoms with van der Waals surface area (Å²) in [5, 5.41) is 25.0. The number of halogens is 1. The highest BCUT2D eigenvalue weighted by molar-refractivity contribution is 14.0. The van der Waals surface area contributed by atoms with Crippen molar-refractivity contribution in [1.82, 2.24) is 25.4 Å². The second kappa shape index (κ2) is 10.2. The van der Waals surface area contributed by atoms with Gasteiger partial charge in [0.05, 0.1) is 12.8 Å². The van der Waals surface area contributed by atoms with Gasteiger partial charge in [0.15, 0.2) is 11.8 Å². The number of guanidine groups is 1. The molecule has 0 amide bonds. The Morgan fingerprint density at radius 3 is 2.68 bits per heavy atom. The summed E-state index contributed by atoms with van der Waals surface area (Å²) >= 11 is 0. The van der Waals surface area contributed by atoms with E-state index in [4.69, 9.17) is 4.42 Å². The zero-order chi connectivity index (χ0) is 19.1. The molecule has 2 aromatic heterocycles. The van der Waals surface area contributed by atoms with E-state index in [1.54, 1.807) is 31.6 Å². The van der Waals surface area contributed by atoms with E-state index >= 15 is 0 Å².